The van der Waals surface area contributed by atoms with Crippen molar-refractivity contribution in [3.8, 4) is 0 Å². The van der Waals surface area contributed by atoms with Gasteiger partial charge < -0.3 is 9.80 Å². The molecule has 2 unspecified atom stereocenters. The van der Waals surface area contributed by atoms with Crippen LogP contribution in [0.15, 0.2) is 60.7 Å². The van der Waals surface area contributed by atoms with E-state index in [9.17, 15) is 0 Å². The van der Waals surface area contributed by atoms with Crippen molar-refractivity contribution in [3.63, 3.8) is 0 Å². The molecule has 2 aromatic rings. The van der Waals surface area contributed by atoms with Gasteiger partial charge in [-0.15, -0.1) is 0 Å². The fraction of sp³-hybridized carbons (Fsp3) is 0.429. The van der Waals surface area contributed by atoms with Crippen LogP contribution in [0.4, 0.5) is 11.4 Å². The molecule has 148 valence electrons. The summed E-state index contributed by atoms with van der Waals surface area (Å²) in [5.74, 6) is 0.604. The Morgan fingerprint density at radius 1 is 0.769 bits per heavy atom. The van der Waals surface area contributed by atoms with Gasteiger partial charge in [-0.05, 0) is 43.5 Å². The van der Waals surface area contributed by atoms with E-state index in [1.54, 1.807) is 0 Å². The molecule has 0 aliphatic heterocycles. The van der Waals surface area contributed by atoms with Gasteiger partial charge in [-0.2, -0.15) is 0 Å². The summed E-state index contributed by atoms with van der Waals surface area (Å²) >= 11 is -0.106. The fourth-order valence-corrected chi connectivity index (χ4v) is 3.16. The number of anilines is 2. The predicted molar refractivity (Wildman–Crippen MR) is 114 cm³/mol. The first kappa shape index (κ1) is 23.3. The first-order chi connectivity index (χ1) is 12.4. The Morgan fingerprint density at radius 3 is 1.54 bits per heavy atom. The van der Waals surface area contributed by atoms with E-state index < -0.39 is 0 Å². The van der Waals surface area contributed by atoms with Crippen LogP contribution in [-0.2, 0) is 15.9 Å². The fourth-order valence-electron chi connectivity index (χ4n) is 3.16. The van der Waals surface area contributed by atoms with Gasteiger partial charge in [0.25, 0.3) is 0 Å². The van der Waals surface area contributed by atoms with Crippen LogP contribution in [-0.4, -0.2) is 26.2 Å². The zero-order chi connectivity index (χ0) is 19.5. The molecule has 2 rings (SSSR count). The average molecular weight is 488 g/mol. The zero-order valence-electron chi connectivity index (χ0n) is 16.2. The number of hydrogen-bond acceptors (Lipinski definition) is 2. The molecule has 2 nitrogen and oxygen atoms in total. The first-order valence-electron chi connectivity index (χ1n) is 8.80. The topological polar surface area (TPSA) is 6.48 Å². The Balaban J connectivity index is 0.00000105. The van der Waals surface area contributed by atoms with Gasteiger partial charge in [0.2, 0.25) is 0 Å². The summed E-state index contributed by atoms with van der Waals surface area (Å²) in [6.07, 6.45) is 1.13. The second kappa shape index (κ2) is 12.6. The maximum absolute atomic E-state index is 4.81. The van der Waals surface area contributed by atoms with Crippen molar-refractivity contribution < 1.29 is 15.9 Å². The molecule has 0 aliphatic rings. The molecule has 0 saturated heterocycles. The second-order valence-corrected chi connectivity index (χ2v) is 9.19. The van der Waals surface area contributed by atoms with Crippen LogP contribution in [0, 0.1) is 5.92 Å². The first-order valence-corrected chi connectivity index (χ1v) is 12.8. The van der Waals surface area contributed by atoms with Crippen LogP contribution in [0.2, 0.25) is 0 Å². The summed E-state index contributed by atoms with van der Waals surface area (Å²) in [5.41, 5.74) is 2.57. The van der Waals surface area contributed by atoms with E-state index in [0.29, 0.717) is 18.0 Å². The third kappa shape index (κ3) is 7.49. The molecule has 26 heavy (non-hydrogen) atoms. The van der Waals surface area contributed by atoms with Crippen molar-refractivity contribution in [2.75, 3.05) is 23.9 Å². The molecule has 0 aromatic heterocycles. The van der Waals surface area contributed by atoms with Crippen molar-refractivity contribution >= 4 is 30.4 Å². The molecule has 0 bridgehead atoms. The SMILES string of the molecule is CC(C)C(CC(C)N(C)c1ccccc1)N(C)c1ccccc1.[Cl][Pd][Cl]. The Bertz CT molecular complexity index is 595. The maximum atomic E-state index is 4.81. The Hall–Kier alpha value is -0.718. The van der Waals surface area contributed by atoms with E-state index in [0.717, 1.165) is 6.42 Å². The predicted octanol–water partition coefficient (Wildman–Crippen LogP) is 6.44. The van der Waals surface area contributed by atoms with E-state index in [4.69, 9.17) is 19.1 Å². The van der Waals surface area contributed by atoms with Gasteiger partial charge in [0.05, 0.1) is 0 Å². The van der Waals surface area contributed by atoms with Crippen LogP contribution in [0.5, 0.6) is 0 Å². The number of hydrogen-bond donors (Lipinski definition) is 0. The molecule has 0 amide bonds. The summed E-state index contributed by atoms with van der Waals surface area (Å²) in [4.78, 5) is 4.81. The summed E-state index contributed by atoms with van der Waals surface area (Å²) in [6, 6.07) is 22.3. The summed E-state index contributed by atoms with van der Waals surface area (Å²) < 4.78 is 0. The van der Waals surface area contributed by atoms with Crippen LogP contribution in [0.1, 0.15) is 27.2 Å². The summed E-state index contributed by atoms with van der Waals surface area (Å²) in [5, 5.41) is 0. The van der Waals surface area contributed by atoms with Crippen LogP contribution in [0.3, 0.4) is 0 Å². The monoisotopic (exact) mass is 486 g/mol. The Morgan fingerprint density at radius 2 is 1.15 bits per heavy atom. The average Bonchev–Trinajstić information content (AvgIpc) is 2.66. The van der Waals surface area contributed by atoms with Gasteiger partial charge in [0.15, 0.2) is 0 Å². The van der Waals surface area contributed by atoms with E-state index in [1.165, 1.54) is 11.4 Å². The van der Waals surface area contributed by atoms with Crippen molar-refractivity contribution in [1.82, 2.24) is 0 Å². The number of benzene rings is 2. The number of para-hydroxylation sites is 2. The van der Waals surface area contributed by atoms with E-state index >= 15 is 0 Å². The molecule has 0 fully saturated rings. The van der Waals surface area contributed by atoms with E-state index in [1.807, 2.05) is 0 Å². The normalized spacial score (nSPS) is 12.9. The summed E-state index contributed by atoms with van der Waals surface area (Å²) in [6.45, 7) is 6.96. The van der Waals surface area contributed by atoms with E-state index in [-0.39, 0.29) is 15.9 Å². The van der Waals surface area contributed by atoms with Crippen LogP contribution >= 0.6 is 19.1 Å². The molecule has 2 aromatic carbocycles. The van der Waals surface area contributed by atoms with Gasteiger partial charge in [0, 0.05) is 37.6 Å². The minimum atomic E-state index is -0.106. The summed E-state index contributed by atoms with van der Waals surface area (Å²) in [7, 11) is 14.0. The quantitative estimate of drug-likeness (QED) is 0.415. The van der Waals surface area contributed by atoms with Gasteiger partial charge in [-0.1, -0.05) is 50.2 Å². The molecule has 2 atom stereocenters. The molecular formula is C21H30Cl2N2Pd. The van der Waals surface area contributed by atoms with Crippen molar-refractivity contribution in [1.29, 1.82) is 0 Å². The van der Waals surface area contributed by atoms with Crippen molar-refractivity contribution in [2.24, 2.45) is 5.92 Å². The molecule has 5 heteroatoms. The Labute approximate surface area is 175 Å². The van der Waals surface area contributed by atoms with E-state index in [2.05, 4.69) is 105 Å². The molecule has 0 saturated carbocycles. The number of rotatable bonds is 7. The second-order valence-electron chi connectivity index (χ2n) is 6.83. The molecule has 0 aliphatic carbocycles. The van der Waals surface area contributed by atoms with Crippen LogP contribution < -0.4 is 9.80 Å². The van der Waals surface area contributed by atoms with Gasteiger partial charge >= 0.3 is 35.0 Å². The standard InChI is InChI=1S/C21H30N2.2ClH.Pd/c1-17(2)21(23(5)20-14-10-7-11-15-20)16-18(3)22(4)19-12-8-6-9-13-19;;;/h6-15,17-18,21H,16H2,1-5H3;2*1H;/q;;;+2/p-2. The third-order valence-electron chi connectivity index (χ3n) is 4.84. The van der Waals surface area contributed by atoms with Gasteiger partial charge in [-0.25, -0.2) is 0 Å². The van der Waals surface area contributed by atoms with Gasteiger partial charge in [-0.3, -0.25) is 0 Å². The number of halogens is 2. The molecular weight excluding hydrogens is 458 g/mol. The third-order valence-corrected chi connectivity index (χ3v) is 4.84. The van der Waals surface area contributed by atoms with Crippen LogP contribution in [0.25, 0.3) is 0 Å². The molecule has 0 radical (unpaired) electrons. The minimum absolute atomic E-state index is 0.106. The molecule has 0 spiro atoms. The Kier molecular flexibility index (Phi) is 11.3. The molecule has 0 N–H and O–H groups in total. The van der Waals surface area contributed by atoms with Crippen molar-refractivity contribution in [2.45, 2.75) is 39.3 Å². The number of nitrogens with zero attached hydrogens (tertiary/aromatic N) is 2. The van der Waals surface area contributed by atoms with Gasteiger partial charge in [0.1, 0.15) is 0 Å². The van der Waals surface area contributed by atoms with Crippen molar-refractivity contribution in [3.05, 3.63) is 60.7 Å². The zero-order valence-corrected chi connectivity index (χ0v) is 19.2. The molecule has 0 heterocycles.